The zero-order valence-corrected chi connectivity index (χ0v) is 9.30. The van der Waals surface area contributed by atoms with E-state index in [0.717, 1.165) is 18.9 Å². The van der Waals surface area contributed by atoms with Gasteiger partial charge in [0.15, 0.2) is 0 Å². The predicted octanol–water partition coefficient (Wildman–Crippen LogP) is 1.70. The van der Waals surface area contributed by atoms with Gasteiger partial charge < -0.3 is 11.1 Å². The lowest BCUT2D eigenvalue weighted by atomic mass is 9.87. The lowest BCUT2D eigenvalue weighted by Crippen LogP contribution is -2.50. The average Bonchev–Trinajstić information content (AvgIpc) is 2.15. The second-order valence-electron chi connectivity index (χ2n) is 4.03. The molecule has 0 aliphatic heterocycles. The van der Waals surface area contributed by atoms with Gasteiger partial charge in [-0.2, -0.15) is 0 Å². The average molecular weight is 243 g/mol. The molecule has 0 atom stereocenters. The van der Waals surface area contributed by atoms with Crippen molar-refractivity contribution < 1.29 is 9.18 Å². The third-order valence-electron chi connectivity index (χ3n) is 2.69. The van der Waals surface area contributed by atoms with Crippen LogP contribution in [0.3, 0.4) is 0 Å². The van der Waals surface area contributed by atoms with E-state index >= 15 is 0 Å². The van der Waals surface area contributed by atoms with Gasteiger partial charge >= 0.3 is 0 Å². The van der Waals surface area contributed by atoms with Crippen LogP contribution in [-0.4, -0.2) is 18.0 Å². The smallest absolute Gasteiger partial charge is 0.253 e. The summed E-state index contributed by atoms with van der Waals surface area (Å²) in [7, 11) is 0. The molecule has 2 rings (SSSR count). The van der Waals surface area contributed by atoms with E-state index in [1.54, 1.807) is 0 Å². The summed E-state index contributed by atoms with van der Waals surface area (Å²) in [5, 5.41) is 2.92. The van der Waals surface area contributed by atoms with Gasteiger partial charge in [0.2, 0.25) is 0 Å². The van der Waals surface area contributed by atoms with Crippen LogP contribution in [-0.2, 0) is 0 Å². The van der Waals surface area contributed by atoms with Gasteiger partial charge in [0, 0.05) is 12.1 Å². The van der Waals surface area contributed by atoms with Crippen LogP contribution in [0.25, 0.3) is 0 Å². The standard InChI is InChI=1S/C11H12ClFN2O/c12-10-3-6(13)1-2-9(10)11(16)15-8-4-7(14)5-8/h1-3,7-8H,4-5,14H2,(H,15,16). The topological polar surface area (TPSA) is 55.1 Å². The number of hydrogen-bond acceptors (Lipinski definition) is 2. The molecule has 0 unspecified atom stereocenters. The Kier molecular flexibility index (Phi) is 3.12. The van der Waals surface area contributed by atoms with Gasteiger partial charge in [-0.1, -0.05) is 11.6 Å². The maximum Gasteiger partial charge on any atom is 0.253 e. The zero-order chi connectivity index (χ0) is 11.7. The summed E-state index contributed by atoms with van der Waals surface area (Å²) >= 11 is 5.77. The SMILES string of the molecule is NC1CC(NC(=O)c2ccc(F)cc2Cl)C1. The molecule has 1 fully saturated rings. The van der Waals surface area contributed by atoms with Crippen LogP contribution >= 0.6 is 11.6 Å². The Morgan fingerprint density at radius 3 is 2.75 bits per heavy atom. The number of carbonyl (C=O) groups excluding carboxylic acids is 1. The summed E-state index contributed by atoms with van der Waals surface area (Å²) in [6.45, 7) is 0. The first-order chi connectivity index (χ1) is 7.56. The number of amides is 1. The molecule has 0 bridgehead atoms. The Hall–Kier alpha value is -1.13. The molecule has 1 aliphatic carbocycles. The zero-order valence-electron chi connectivity index (χ0n) is 8.54. The van der Waals surface area contributed by atoms with E-state index in [4.69, 9.17) is 17.3 Å². The summed E-state index contributed by atoms with van der Waals surface area (Å²) in [5.74, 6) is -0.728. The molecule has 0 spiro atoms. The van der Waals surface area contributed by atoms with Gasteiger partial charge in [-0.05, 0) is 31.0 Å². The second-order valence-corrected chi connectivity index (χ2v) is 4.43. The number of benzene rings is 1. The number of nitrogens with one attached hydrogen (secondary N) is 1. The number of halogens is 2. The molecule has 0 saturated heterocycles. The van der Waals surface area contributed by atoms with Crippen molar-refractivity contribution in [1.82, 2.24) is 5.32 Å². The first-order valence-electron chi connectivity index (χ1n) is 5.08. The molecular weight excluding hydrogens is 231 g/mol. The van der Waals surface area contributed by atoms with E-state index in [1.807, 2.05) is 0 Å². The molecule has 0 radical (unpaired) electrons. The normalized spacial score (nSPS) is 23.7. The number of carbonyl (C=O) groups is 1. The summed E-state index contributed by atoms with van der Waals surface area (Å²) in [4.78, 5) is 11.7. The molecular formula is C11H12ClFN2O. The fourth-order valence-electron chi connectivity index (χ4n) is 1.72. The molecule has 5 heteroatoms. The molecule has 1 aliphatic rings. The Balaban J connectivity index is 2.03. The minimum atomic E-state index is -0.452. The highest BCUT2D eigenvalue weighted by atomic mass is 35.5. The molecule has 0 heterocycles. The Labute approximate surface area is 97.8 Å². The van der Waals surface area contributed by atoms with Crippen molar-refractivity contribution in [2.24, 2.45) is 5.73 Å². The molecule has 16 heavy (non-hydrogen) atoms. The molecule has 1 amide bonds. The number of rotatable bonds is 2. The molecule has 3 N–H and O–H groups in total. The van der Waals surface area contributed by atoms with E-state index in [9.17, 15) is 9.18 Å². The number of nitrogens with two attached hydrogens (primary N) is 1. The second kappa shape index (κ2) is 4.39. The van der Waals surface area contributed by atoms with Crippen molar-refractivity contribution in [3.63, 3.8) is 0 Å². The lowest BCUT2D eigenvalue weighted by Gasteiger charge is -2.33. The van der Waals surface area contributed by atoms with E-state index in [1.165, 1.54) is 12.1 Å². The Morgan fingerprint density at radius 1 is 1.50 bits per heavy atom. The molecule has 1 aromatic carbocycles. The van der Waals surface area contributed by atoms with Gasteiger partial charge in [-0.15, -0.1) is 0 Å². The van der Waals surface area contributed by atoms with Crippen molar-refractivity contribution in [2.45, 2.75) is 24.9 Å². The van der Waals surface area contributed by atoms with Crippen molar-refractivity contribution in [1.29, 1.82) is 0 Å². The van der Waals surface area contributed by atoms with Crippen molar-refractivity contribution in [2.75, 3.05) is 0 Å². The van der Waals surface area contributed by atoms with Crippen LogP contribution in [0.5, 0.6) is 0 Å². The molecule has 0 aromatic heterocycles. The molecule has 1 saturated carbocycles. The summed E-state index contributed by atoms with van der Waals surface area (Å²) < 4.78 is 12.8. The van der Waals surface area contributed by atoms with Gasteiger partial charge in [-0.25, -0.2) is 4.39 Å². The van der Waals surface area contributed by atoms with Crippen LogP contribution in [0.2, 0.25) is 5.02 Å². The molecule has 86 valence electrons. The third-order valence-corrected chi connectivity index (χ3v) is 3.00. The fourth-order valence-corrected chi connectivity index (χ4v) is 1.97. The van der Waals surface area contributed by atoms with E-state index in [0.29, 0.717) is 5.56 Å². The summed E-state index contributed by atoms with van der Waals surface area (Å²) in [6, 6.07) is 4.01. The van der Waals surface area contributed by atoms with E-state index < -0.39 is 5.82 Å². The lowest BCUT2D eigenvalue weighted by molar-refractivity contribution is 0.0910. The van der Waals surface area contributed by atoms with Crippen molar-refractivity contribution in [3.8, 4) is 0 Å². The van der Waals surface area contributed by atoms with Crippen LogP contribution in [0.1, 0.15) is 23.2 Å². The third kappa shape index (κ3) is 2.33. The van der Waals surface area contributed by atoms with Crippen LogP contribution in [0, 0.1) is 5.82 Å². The quantitative estimate of drug-likeness (QED) is 0.829. The van der Waals surface area contributed by atoms with Gasteiger partial charge in [-0.3, -0.25) is 4.79 Å². The molecule has 1 aromatic rings. The minimum absolute atomic E-state index is 0.114. The van der Waals surface area contributed by atoms with Gasteiger partial charge in [0.25, 0.3) is 5.91 Å². The first kappa shape index (κ1) is 11.4. The predicted molar refractivity (Wildman–Crippen MR) is 59.9 cm³/mol. The minimum Gasteiger partial charge on any atom is -0.349 e. The Bertz CT molecular complexity index is 418. The highest BCUT2D eigenvalue weighted by molar-refractivity contribution is 6.33. The van der Waals surface area contributed by atoms with Crippen LogP contribution in [0.15, 0.2) is 18.2 Å². The highest BCUT2D eigenvalue weighted by Gasteiger charge is 2.27. The largest absolute Gasteiger partial charge is 0.349 e. The fraction of sp³-hybridized carbons (Fsp3) is 0.364. The summed E-state index contributed by atoms with van der Waals surface area (Å²) in [5.41, 5.74) is 5.90. The van der Waals surface area contributed by atoms with Crippen LogP contribution in [0.4, 0.5) is 4.39 Å². The van der Waals surface area contributed by atoms with Crippen molar-refractivity contribution >= 4 is 17.5 Å². The van der Waals surface area contributed by atoms with E-state index in [2.05, 4.69) is 5.32 Å². The summed E-state index contributed by atoms with van der Waals surface area (Å²) in [6.07, 6.45) is 1.56. The maximum atomic E-state index is 12.8. The van der Waals surface area contributed by atoms with E-state index in [-0.39, 0.29) is 23.0 Å². The van der Waals surface area contributed by atoms with Gasteiger partial charge in [0.05, 0.1) is 10.6 Å². The maximum absolute atomic E-state index is 12.8. The van der Waals surface area contributed by atoms with Crippen molar-refractivity contribution in [3.05, 3.63) is 34.6 Å². The highest BCUT2D eigenvalue weighted by Crippen LogP contribution is 2.20. The van der Waals surface area contributed by atoms with Gasteiger partial charge in [0.1, 0.15) is 5.82 Å². The first-order valence-corrected chi connectivity index (χ1v) is 5.45. The Morgan fingerprint density at radius 2 is 2.19 bits per heavy atom. The molecule has 3 nitrogen and oxygen atoms in total. The number of hydrogen-bond donors (Lipinski definition) is 2. The van der Waals surface area contributed by atoms with Crippen LogP contribution < -0.4 is 11.1 Å². The monoisotopic (exact) mass is 242 g/mol.